The number of thioether (sulfide) groups is 1. The van der Waals surface area contributed by atoms with Gasteiger partial charge in [0.2, 0.25) is 5.91 Å². The van der Waals surface area contributed by atoms with E-state index in [0.29, 0.717) is 0 Å². The van der Waals surface area contributed by atoms with Gasteiger partial charge in [-0.05, 0) is 30.7 Å². The van der Waals surface area contributed by atoms with E-state index in [9.17, 15) is 9.59 Å². The van der Waals surface area contributed by atoms with Crippen molar-refractivity contribution in [1.82, 2.24) is 0 Å². The maximum Gasteiger partial charge on any atom is 0.318 e. The molecule has 0 spiro atoms. The molecule has 1 fully saturated rings. The zero-order chi connectivity index (χ0) is 13.3. The normalized spacial score (nSPS) is 20.0. The van der Waals surface area contributed by atoms with Gasteiger partial charge in [-0.1, -0.05) is 15.9 Å². The van der Waals surface area contributed by atoms with Crippen molar-refractivity contribution in [3.8, 4) is 0 Å². The number of halogens is 1. The van der Waals surface area contributed by atoms with Crippen LogP contribution < -0.4 is 4.90 Å². The van der Waals surface area contributed by atoms with Gasteiger partial charge in [-0.2, -0.15) is 0 Å². The zero-order valence-electron chi connectivity index (χ0n) is 9.72. The summed E-state index contributed by atoms with van der Waals surface area (Å²) < 4.78 is 0.942. The van der Waals surface area contributed by atoms with Gasteiger partial charge in [-0.15, -0.1) is 11.8 Å². The number of carbonyl (C=O) groups excluding carboxylic acids is 1. The topological polar surface area (TPSA) is 57.6 Å². The second-order valence-corrected chi connectivity index (χ2v) is 6.18. The number of benzene rings is 1. The van der Waals surface area contributed by atoms with Crippen molar-refractivity contribution in [2.75, 3.05) is 17.2 Å². The number of carbonyl (C=O) groups is 2. The first kappa shape index (κ1) is 13.4. The van der Waals surface area contributed by atoms with Crippen LogP contribution in [0.25, 0.3) is 0 Å². The van der Waals surface area contributed by atoms with E-state index in [0.717, 1.165) is 15.7 Å². The zero-order valence-corrected chi connectivity index (χ0v) is 12.1. The third-order valence-corrected chi connectivity index (χ3v) is 4.44. The summed E-state index contributed by atoms with van der Waals surface area (Å²) in [5, 5.41) is 8.49. The Morgan fingerprint density at radius 1 is 1.56 bits per heavy atom. The first-order valence-corrected chi connectivity index (χ1v) is 7.24. The summed E-state index contributed by atoms with van der Waals surface area (Å²) in [6.45, 7) is 2.13. The average molecular weight is 330 g/mol. The highest BCUT2D eigenvalue weighted by molar-refractivity contribution is 9.10. The minimum atomic E-state index is -0.868. The van der Waals surface area contributed by atoms with Crippen LogP contribution in [-0.2, 0) is 9.59 Å². The molecule has 2 rings (SSSR count). The number of rotatable bonds is 2. The molecular weight excluding hydrogens is 318 g/mol. The third kappa shape index (κ3) is 2.70. The lowest BCUT2D eigenvalue weighted by Crippen LogP contribution is -2.45. The molecule has 96 valence electrons. The second-order valence-electron chi connectivity index (χ2n) is 4.07. The fourth-order valence-corrected chi connectivity index (χ4v) is 3.25. The van der Waals surface area contributed by atoms with Crippen molar-refractivity contribution in [3.63, 3.8) is 0 Å². The van der Waals surface area contributed by atoms with Crippen molar-refractivity contribution in [2.24, 2.45) is 0 Å². The van der Waals surface area contributed by atoms with E-state index in [-0.39, 0.29) is 18.2 Å². The van der Waals surface area contributed by atoms with E-state index < -0.39 is 11.2 Å². The lowest BCUT2D eigenvalue weighted by atomic mass is 10.1. The molecule has 0 aromatic heterocycles. The highest BCUT2D eigenvalue weighted by Crippen LogP contribution is 2.29. The molecule has 1 heterocycles. The molecule has 1 saturated heterocycles. The average Bonchev–Trinajstić information content (AvgIpc) is 2.30. The molecule has 0 saturated carbocycles. The quantitative estimate of drug-likeness (QED) is 0.904. The molecule has 6 heteroatoms. The third-order valence-electron chi connectivity index (χ3n) is 2.78. The van der Waals surface area contributed by atoms with Gasteiger partial charge in [0.15, 0.2) is 0 Å². The molecule has 1 aliphatic rings. The van der Waals surface area contributed by atoms with E-state index >= 15 is 0 Å². The Hall–Kier alpha value is -1.01. The van der Waals surface area contributed by atoms with Crippen LogP contribution in [0.15, 0.2) is 22.7 Å². The lowest BCUT2D eigenvalue weighted by molar-refractivity contribution is -0.136. The van der Waals surface area contributed by atoms with Crippen LogP contribution in [0.1, 0.15) is 5.56 Å². The highest BCUT2D eigenvalue weighted by Gasteiger charge is 2.32. The molecule has 4 nitrogen and oxygen atoms in total. The Labute approximate surface area is 117 Å². The molecule has 0 radical (unpaired) electrons. The Morgan fingerprint density at radius 3 is 2.89 bits per heavy atom. The van der Waals surface area contributed by atoms with Crippen LogP contribution in [0.3, 0.4) is 0 Å². The van der Waals surface area contributed by atoms with E-state index in [1.807, 2.05) is 25.1 Å². The molecule has 1 N–H and O–H groups in total. The summed E-state index contributed by atoms with van der Waals surface area (Å²) in [7, 11) is 0. The van der Waals surface area contributed by atoms with Crippen LogP contribution in [-0.4, -0.2) is 34.5 Å². The van der Waals surface area contributed by atoms with Crippen molar-refractivity contribution < 1.29 is 14.7 Å². The summed E-state index contributed by atoms with van der Waals surface area (Å²) in [6, 6.07) is 5.61. The van der Waals surface area contributed by atoms with Crippen molar-refractivity contribution in [1.29, 1.82) is 0 Å². The summed E-state index contributed by atoms with van der Waals surface area (Å²) in [5.41, 5.74) is 1.74. The van der Waals surface area contributed by atoms with Crippen molar-refractivity contribution in [2.45, 2.75) is 12.2 Å². The number of hydrogen-bond donors (Lipinski definition) is 1. The van der Waals surface area contributed by atoms with Crippen LogP contribution in [0.5, 0.6) is 0 Å². The van der Waals surface area contributed by atoms with Crippen LogP contribution in [0, 0.1) is 6.92 Å². The number of amides is 1. The first-order chi connectivity index (χ1) is 8.49. The molecule has 0 aliphatic carbocycles. The molecule has 0 bridgehead atoms. The summed E-state index contributed by atoms with van der Waals surface area (Å²) in [6.07, 6.45) is 0. The maximum absolute atomic E-state index is 11.9. The summed E-state index contributed by atoms with van der Waals surface area (Å²) in [5.74, 6) is -0.692. The highest BCUT2D eigenvalue weighted by atomic mass is 79.9. The van der Waals surface area contributed by atoms with E-state index in [4.69, 9.17) is 5.11 Å². The first-order valence-electron chi connectivity index (χ1n) is 5.40. The molecule has 18 heavy (non-hydrogen) atoms. The number of aliphatic carboxylic acids is 1. The monoisotopic (exact) mass is 329 g/mol. The van der Waals surface area contributed by atoms with Gasteiger partial charge in [-0.25, -0.2) is 0 Å². The molecule has 1 unspecified atom stereocenters. The van der Waals surface area contributed by atoms with Crippen LogP contribution in [0.4, 0.5) is 5.69 Å². The fourth-order valence-electron chi connectivity index (χ4n) is 1.87. The molecule has 1 amide bonds. The number of carboxylic acids is 1. The standard InChI is InChI=1S/C12H12BrNO3S/c1-7-4-8(13)2-3-9(7)14-5-10(12(16)17)18-6-11(14)15/h2-4,10H,5-6H2,1H3,(H,16,17). The minimum absolute atomic E-state index is 0.0390. The number of hydrogen-bond acceptors (Lipinski definition) is 3. The molecular formula is C12H12BrNO3S. The van der Waals surface area contributed by atoms with Gasteiger partial charge in [0, 0.05) is 16.7 Å². The summed E-state index contributed by atoms with van der Waals surface area (Å²) in [4.78, 5) is 24.5. The Morgan fingerprint density at radius 2 is 2.28 bits per heavy atom. The Balaban J connectivity index is 2.29. The maximum atomic E-state index is 11.9. The molecule has 1 aliphatic heterocycles. The number of aryl methyl sites for hydroxylation is 1. The van der Waals surface area contributed by atoms with Gasteiger partial charge < -0.3 is 10.0 Å². The fraction of sp³-hybridized carbons (Fsp3) is 0.333. The number of nitrogens with zero attached hydrogens (tertiary/aromatic N) is 1. The van der Waals surface area contributed by atoms with Gasteiger partial charge in [0.05, 0.1) is 5.75 Å². The van der Waals surface area contributed by atoms with Gasteiger partial charge in [0.25, 0.3) is 0 Å². The molecule has 1 aromatic carbocycles. The van der Waals surface area contributed by atoms with E-state index in [2.05, 4.69) is 15.9 Å². The van der Waals surface area contributed by atoms with Gasteiger partial charge in [-0.3, -0.25) is 9.59 Å². The van der Waals surface area contributed by atoms with E-state index in [1.54, 1.807) is 4.90 Å². The molecule has 1 aromatic rings. The Bertz CT molecular complexity index is 506. The second kappa shape index (κ2) is 5.32. The number of carboxylic acid groups (broad SMARTS) is 1. The van der Waals surface area contributed by atoms with Crippen molar-refractivity contribution >= 4 is 45.3 Å². The number of anilines is 1. The van der Waals surface area contributed by atoms with Crippen LogP contribution in [0.2, 0.25) is 0 Å². The Kier molecular flexibility index (Phi) is 3.97. The predicted octanol–water partition coefficient (Wildman–Crippen LogP) is 2.29. The van der Waals surface area contributed by atoms with Crippen molar-refractivity contribution in [3.05, 3.63) is 28.2 Å². The predicted molar refractivity (Wildman–Crippen MR) is 75.1 cm³/mol. The van der Waals surface area contributed by atoms with Crippen LogP contribution >= 0.6 is 27.7 Å². The SMILES string of the molecule is Cc1cc(Br)ccc1N1CC(C(=O)O)SCC1=O. The molecule has 1 atom stereocenters. The minimum Gasteiger partial charge on any atom is -0.480 e. The smallest absolute Gasteiger partial charge is 0.318 e. The van der Waals surface area contributed by atoms with E-state index in [1.165, 1.54) is 11.8 Å². The van der Waals surface area contributed by atoms with Gasteiger partial charge in [0.1, 0.15) is 5.25 Å². The largest absolute Gasteiger partial charge is 0.480 e. The lowest BCUT2D eigenvalue weighted by Gasteiger charge is -2.31. The summed E-state index contributed by atoms with van der Waals surface area (Å²) >= 11 is 4.56. The van der Waals surface area contributed by atoms with Gasteiger partial charge >= 0.3 is 5.97 Å².